The summed E-state index contributed by atoms with van der Waals surface area (Å²) < 4.78 is 0. The van der Waals surface area contributed by atoms with Gasteiger partial charge in [0, 0.05) is 42.0 Å². The van der Waals surface area contributed by atoms with Gasteiger partial charge in [-0.15, -0.1) is 0 Å². The molecule has 2 aliphatic heterocycles. The molecular formula is C20H22N2. The summed E-state index contributed by atoms with van der Waals surface area (Å²) in [7, 11) is 2.22. The molecule has 1 fully saturated rings. The zero-order valence-electron chi connectivity index (χ0n) is 13.1. The molecule has 22 heavy (non-hydrogen) atoms. The Hall–Kier alpha value is -2.06. The molecule has 0 saturated carbocycles. The second-order valence-electron chi connectivity index (χ2n) is 6.34. The van der Waals surface area contributed by atoms with Crippen molar-refractivity contribution in [1.29, 1.82) is 0 Å². The van der Waals surface area contributed by atoms with Gasteiger partial charge in [-0.2, -0.15) is 0 Å². The van der Waals surface area contributed by atoms with Gasteiger partial charge in [-0.05, 0) is 31.5 Å². The lowest BCUT2D eigenvalue weighted by Crippen LogP contribution is -2.27. The summed E-state index contributed by atoms with van der Waals surface area (Å²) in [4.78, 5) is 2.43. The van der Waals surface area contributed by atoms with Crippen LogP contribution in [0.3, 0.4) is 0 Å². The van der Waals surface area contributed by atoms with Gasteiger partial charge in [-0.3, -0.25) is 0 Å². The molecule has 1 saturated heterocycles. The third kappa shape index (κ3) is 2.34. The van der Waals surface area contributed by atoms with Crippen molar-refractivity contribution in [2.45, 2.75) is 19.3 Å². The summed E-state index contributed by atoms with van der Waals surface area (Å²) in [6.07, 6.45) is 12.2. The van der Waals surface area contributed by atoms with E-state index in [1.807, 2.05) is 0 Å². The third-order valence-electron chi connectivity index (χ3n) is 4.85. The average molecular weight is 290 g/mol. The fourth-order valence-corrected chi connectivity index (χ4v) is 3.62. The number of hydrogen-bond donors (Lipinski definition) is 1. The molecule has 1 aliphatic carbocycles. The Morgan fingerprint density at radius 1 is 1.05 bits per heavy atom. The molecule has 0 spiro atoms. The van der Waals surface area contributed by atoms with Crippen LogP contribution in [0.25, 0.3) is 5.57 Å². The quantitative estimate of drug-likeness (QED) is 0.763. The Labute approximate surface area is 132 Å². The van der Waals surface area contributed by atoms with Crippen molar-refractivity contribution in [3.8, 4) is 0 Å². The minimum absolute atomic E-state index is 0.980. The molecule has 4 rings (SSSR count). The molecule has 0 radical (unpaired) electrons. The molecule has 0 amide bonds. The van der Waals surface area contributed by atoms with Crippen LogP contribution in [0.5, 0.6) is 0 Å². The average Bonchev–Trinajstić information content (AvgIpc) is 2.79. The van der Waals surface area contributed by atoms with Crippen LogP contribution >= 0.6 is 0 Å². The van der Waals surface area contributed by atoms with Crippen LogP contribution in [0.15, 0.2) is 65.4 Å². The molecule has 0 unspecified atom stereocenters. The number of likely N-dealkylation sites (tertiary alicyclic amines) is 1. The van der Waals surface area contributed by atoms with Crippen molar-refractivity contribution in [1.82, 2.24) is 4.90 Å². The van der Waals surface area contributed by atoms with E-state index in [1.54, 1.807) is 5.57 Å². The van der Waals surface area contributed by atoms with E-state index in [9.17, 15) is 0 Å². The summed E-state index contributed by atoms with van der Waals surface area (Å²) >= 11 is 0. The lowest BCUT2D eigenvalue weighted by molar-refractivity contribution is 0.313. The lowest BCUT2D eigenvalue weighted by Gasteiger charge is -2.31. The molecule has 2 nitrogen and oxygen atoms in total. The maximum absolute atomic E-state index is 3.65. The number of allylic oxidation sites excluding steroid dienone is 6. The molecule has 0 bridgehead atoms. The second kappa shape index (κ2) is 5.62. The fourth-order valence-electron chi connectivity index (χ4n) is 3.62. The molecule has 1 aromatic carbocycles. The van der Waals surface area contributed by atoms with Crippen LogP contribution in [-0.2, 0) is 0 Å². The van der Waals surface area contributed by atoms with Crippen LogP contribution < -0.4 is 5.32 Å². The maximum atomic E-state index is 3.65. The fraction of sp³-hybridized carbons (Fsp3) is 0.300. The predicted octanol–water partition coefficient (Wildman–Crippen LogP) is 4.36. The van der Waals surface area contributed by atoms with Crippen LogP contribution in [-0.4, -0.2) is 25.0 Å². The second-order valence-corrected chi connectivity index (χ2v) is 6.34. The number of nitrogens with zero attached hydrogens (tertiary/aromatic N) is 1. The van der Waals surface area contributed by atoms with E-state index in [0.29, 0.717) is 0 Å². The summed E-state index contributed by atoms with van der Waals surface area (Å²) in [5.74, 6) is 0. The molecule has 112 valence electrons. The highest BCUT2D eigenvalue weighted by Gasteiger charge is 2.25. The third-order valence-corrected chi connectivity index (χ3v) is 4.85. The number of fused-ring (bicyclic) bond motifs is 1. The van der Waals surface area contributed by atoms with Gasteiger partial charge >= 0.3 is 0 Å². The highest BCUT2D eigenvalue weighted by atomic mass is 15.1. The van der Waals surface area contributed by atoms with E-state index in [-0.39, 0.29) is 0 Å². The van der Waals surface area contributed by atoms with E-state index >= 15 is 0 Å². The van der Waals surface area contributed by atoms with Crippen molar-refractivity contribution in [2.75, 3.05) is 25.5 Å². The van der Waals surface area contributed by atoms with Crippen molar-refractivity contribution >= 4 is 11.3 Å². The van der Waals surface area contributed by atoms with Gasteiger partial charge in [0.2, 0.25) is 0 Å². The topological polar surface area (TPSA) is 15.3 Å². The van der Waals surface area contributed by atoms with Gasteiger partial charge < -0.3 is 10.2 Å². The molecular weight excluding hydrogens is 268 g/mol. The van der Waals surface area contributed by atoms with Crippen LogP contribution in [0.1, 0.15) is 24.8 Å². The first kappa shape index (κ1) is 13.6. The largest absolute Gasteiger partial charge is 0.358 e. The van der Waals surface area contributed by atoms with Gasteiger partial charge in [-0.1, -0.05) is 48.1 Å². The zero-order chi connectivity index (χ0) is 14.9. The van der Waals surface area contributed by atoms with Crippen molar-refractivity contribution in [2.24, 2.45) is 0 Å². The Morgan fingerprint density at radius 3 is 2.73 bits per heavy atom. The van der Waals surface area contributed by atoms with E-state index in [0.717, 1.165) is 6.42 Å². The van der Waals surface area contributed by atoms with Crippen LogP contribution in [0.2, 0.25) is 0 Å². The Bertz CT molecular complexity index is 709. The molecule has 3 aliphatic rings. The number of nitrogens with one attached hydrogen (secondary N) is 1. The number of benzene rings is 1. The Morgan fingerprint density at radius 2 is 1.86 bits per heavy atom. The zero-order valence-corrected chi connectivity index (χ0v) is 13.1. The van der Waals surface area contributed by atoms with Gasteiger partial charge in [0.1, 0.15) is 0 Å². The molecule has 1 aromatic rings. The highest BCUT2D eigenvalue weighted by molar-refractivity contribution is 5.94. The van der Waals surface area contributed by atoms with E-state index in [4.69, 9.17) is 0 Å². The van der Waals surface area contributed by atoms with Crippen molar-refractivity contribution in [3.05, 3.63) is 71.0 Å². The Balaban J connectivity index is 1.88. The molecule has 1 N–H and O–H groups in total. The van der Waals surface area contributed by atoms with E-state index < -0.39 is 0 Å². The van der Waals surface area contributed by atoms with E-state index in [2.05, 4.69) is 65.8 Å². The minimum atomic E-state index is 0.980. The van der Waals surface area contributed by atoms with Gasteiger partial charge in [0.25, 0.3) is 0 Å². The number of piperidine rings is 1. The first-order valence-electron chi connectivity index (χ1n) is 8.16. The number of rotatable bonds is 0. The van der Waals surface area contributed by atoms with Crippen LogP contribution in [0.4, 0.5) is 5.69 Å². The highest BCUT2D eigenvalue weighted by Crippen LogP contribution is 2.42. The van der Waals surface area contributed by atoms with Crippen molar-refractivity contribution in [3.63, 3.8) is 0 Å². The number of para-hydroxylation sites is 1. The molecule has 2 heteroatoms. The first-order valence-corrected chi connectivity index (χ1v) is 8.16. The predicted molar refractivity (Wildman–Crippen MR) is 93.6 cm³/mol. The number of anilines is 1. The maximum Gasteiger partial charge on any atom is 0.0461 e. The van der Waals surface area contributed by atoms with Gasteiger partial charge in [0.15, 0.2) is 0 Å². The molecule has 0 aromatic heterocycles. The first-order chi connectivity index (χ1) is 10.8. The lowest BCUT2D eigenvalue weighted by atomic mass is 9.84. The standard InChI is InChI=1S/C20H22N2/c1-22-13-11-15(12-14-22)20-16-7-3-2-4-9-18(16)21-19-10-6-5-8-17(19)20/h2-8,10,21H,9,11-14H2,1H3. The van der Waals surface area contributed by atoms with Crippen molar-refractivity contribution < 1.29 is 0 Å². The normalized spacial score (nSPS) is 21.3. The van der Waals surface area contributed by atoms with Gasteiger partial charge in [0.05, 0.1) is 0 Å². The summed E-state index contributed by atoms with van der Waals surface area (Å²) in [5.41, 5.74) is 8.45. The smallest absolute Gasteiger partial charge is 0.0461 e. The molecule has 2 heterocycles. The van der Waals surface area contributed by atoms with Crippen LogP contribution in [0, 0.1) is 0 Å². The molecule has 0 atom stereocenters. The summed E-state index contributed by atoms with van der Waals surface area (Å²) in [6.45, 7) is 2.33. The minimum Gasteiger partial charge on any atom is -0.358 e. The SMILES string of the molecule is CN1CCC(=C2C3=C(CC=CC=C3)Nc3ccccc32)CC1. The van der Waals surface area contributed by atoms with E-state index in [1.165, 1.54) is 54.0 Å². The number of hydrogen-bond acceptors (Lipinski definition) is 2. The van der Waals surface area contributed by atoms with Gasteiger partial charge in [-0.25, -0.2) is 0 Å². The Kier molecular flexibility index (Phi) is 3.47. The summed E-state index contributed by atoms with van der Waals surface area (Å²) in [6, 6.07) is 8.74. The summed E-state index contributed by atoms with van der Waals surface area (Å²) in [5, 5.41) is 3.65. The monoisotopic (exact) mass is 290 g/mol.